The zero-order chi connectivity index (χ0) is 20.2. The maximum absolute atomic E-state index is 14.1. The van der Waals surface area contributed by atoms with E-state index in [1.807, 2.05) is 13.8 Å². The molecule has 1 aliphatic rings. The van der Waals surface area contributed by atoms with Gasteiger partial charge in [-0.25, -0.2) is 4.39 Å². The summed E-state index contributed by atoms with van der Waals surface area (Å²) >= 11 is 0. The summed E-state index contributed by atoms with van der Waals surface area (Å²) in [4.78, 5) is 8.21. The van der Waals surface area contributed by atoms with Crippen LogP contribution in [0.4, 0.5) is 4.39 Å². The second-order valence-electron chi connectivity index (χ2n) is 5.46. The number of nitrogens with one attached hydrogen (secondary N) is 2. The highest BCUT2D eigenvalue weighted by Gasteiger charge is 2.16. The van der Waals surface area contributed by atoms with Gasteiger partial charge in [-0.2, -0.15) is 0 Å². The van der Waals surface area contributed by atoms with E-state index in [9.17, 15) is 9.50 Å². The van der Waals surface area contributed by atoms with Crippen LogP contribution in [0.3, 0.4) is 0 Å². The van der Waals surface area contributed by atoms with Crippen molar-refractivity contribution < 1.29 is 14.2 Å². The summed E-state index contributed by atoms with van der Waals surface area (Å²) < 4.78 is 19.1. The third-order valence-corrected chi connectivity index (χ3v) is 3.38. The number of benzene rings is 1. The number of aliphatic hydroxyl groups is 1. The highest BCUT2D eigenvalue weighted by molar-refractivity contribution is 5.74. The predicted octanol–water partition coefficient (Wildman–Crippen LogP) is 4.16. The van der Waals surface area contributed by atoms with Gasteiger partial charge in [0.2, 0.25) is 0 Å². The minimum absolute atomic E-state index is 0.0160. The number of halogens is 1. The minimum Gasteiger partial charge on any atom is -0.503 e. The van der Waals surface area contributed by atoms with Crippen molar-refractivity contribution in [1.29, 1.82) is 0 Å². The summed E-state index contributed by atoms with van der Waals surface area (Å²) in [6.45, 7) is 8.86. The van der Waals surface area contributed by atoms with Gasteiger partial charge >= 0.3 is 0 Å². The highest BCUT2D eigenvalue weighted by atomic mass is 19.1. The number of nitrogens with zero attached hydrogens (tertiary/aromatic N) is 2. The topological polar surface area (TPSA) is 79.3 Å². The molecule has 3 N–H and O–H groups in total. The summed E-state index contributed by atoms with van der Waals surface area (Å²) in [5.74, 6) is 0.0670. The minimum atomic E-state index is -0.375. The molecule has 1 aromatic heterocycles. The third kappa shape index (κ3) is 6.13. The average molecular weight is 376 g/mol. The van der Waals surface area contributed by atoms with Crippen molar-refractivity contribution in [2.24, 2.45) is 0 Å². The lowest BCUT2D eigenvalue weighted by Crippen LogP contribution is -2.26. The Labute approximate surface area is 160 Å². The van der Waals surface area contributed by atoms with Crippen LogP contribution in [0, 0.1) is 5.82 Å². The molecule has 1 aliphatic heterocycles. The van der Waals surface area contributed by atoms with Crippen LogP contribution in [-0.2, 0) is 11.3 Å². The fourth-order valence-electron chi connectivity index (χ4n) is 2.21. The molecule has 0 fully saturated rings. The standard InChI is InChI=1S/C15H15FN4O2.C3H8.C2H6/c1-22-14-8-17-7-13(15(14)21)20-6-9-4-11-12(5-10(9)16)19-3-2-18-11;1-3-2;1-2/h2-5,7,17,20-21H,6,8H2,1H3;3H2,1-2H3;1-2H3. The fourth-order valence-corrected chi connectivity index (χ4v) is 2.21. The predicted molar refractivity (Wildman–Crippen MR) is 106 cm³/mol. The molecule has 0 saturated carbocycles. The van der Waals surface area contributed by atoms with Crippen molar-refractivity contribution in [2.45, 2.75) is 40.7 Å². The molecular weight excluding hydrogens is 347 g/mol. The van der Waals surface area contributed by atoms with E-state index in [2.05, 4.69) is 34.4 Å². The zero-order valence-electron chi connectivity index (χ0n) is 16.6. The van der Waals surface area contributed by atoms with Crippen LogP contribution in [0.1, 0.15) is 39.7 Å². The number of methoxy groups -OCH3 is 1. The van der Waals surface area contributed by atoms with Gasteiger partial charge in [-0.1, -0.05) is 34.1 Å². The Kier molecular flexibility index (Phi) is 9.64. The van der Waals surface area contributed by atoms with Crippen LogP contribution in [0.25, 0.3) is 11.0 Å². The molecule has 0 atom stereocenters. The van der Waals surface area contributed by atoms with Gasteiger partial charge in [0.1, 0.15) is 5.82 Å². The molecule has 7 heteroatoms. The van der Waals surface area contributed by atoms with E-state index >= 15 is 0 Å². The number of hydrogen-bond donors (Lipinski definition) is 3. The largest absolute Gasteiger partial charge is 0.503 e. The Balaban J connectivity index is 0.000000665. The second kappa shape index (κ2) is 11.7. The van der Waals surface area contributed by atoms with Crippen LogP contribution in [0.2, 0.25) is 0 Å². The van der Waals surface area contributed by atoms with E-state index in [0.717, 1.165) is 0 Å². The first kappa shape index (κ1) is 22.2. The fraction of sp³-hybridized carbons (Fsp3) is 0.400. The van der Waals surface area contributed by atoms with Crippen molar-refractivity contribution in [3.05, 3.63) is 59.3 Å². The van der Waals surface area contributed by atoms with Gasteiger partial charge < -0.3 is 20.5 Å². The molecule has 0 unspecified atom stereocenters. The summed E-state index contributed by atoms with van der Waals surface area (Å²) in [6.07, 6.45) is 5.95. The molecule has 0 spiro atoms. The van der Waals surface area contributed by atoms with Gasteiger partial charge in [0, 0.05) is 36.8 Å². The number of hydrogen-bond acceptors (Lipinski definition) is 6. The van der Waals surface area contributed by atoms with Gasteiger partial charge in [0.15, 0.2) is 11.5 Å². The number of ether oxygens (including phenoxy) is 1. The van der Waals surface area contributed by atoms with E-state index in [1.165, 1.54) is 25.8 Å². The molecule has 2 heterocycles. The van der Waals surface area contributed by atoms with Crippen LogP contribution in [0.15, 0.2) is 47.9 Å². The molecule has 2 aromatic rings. The monoisotopic (exact) mass is 376 g/mol. The first-order valence-corrected chi connectivity index (χ1v) is 9.13. The molecule has 0 bridgehead atoms. The molecular formula is C20H29FN4O2. The van der Waals surface area contributed by atoms with Gasteiger partial charge in [0.05, 0.1) is 30.4 Å². The molecule has 148 valence electrons. The molecule has 0 amide bonds. The van der Waals surface area contributed by atoms with Gasteiger partial charge in [-0.05, 0) is 6.07 Å². The molecule has 6 nitrogen and oxygen atoms in total. The van der Waals surface area contributed by atoms with E-state index in [1.54, 1.807) is 18.5 Å². The summed E-state index contributed by atoms with van der Waals surface area (Å²) in [7, 11) is 1.48. The lowest BCUT2D eigenvalue weighted by atomic mass is 10.1. The van der Waals surface area contributed by atoms with Gasteiger partial charge in [-0.3, -0.25) is 9.97 Å². The Bertz CT molecular complexity index is 791. The zero-order valence-corrected chi connectivity index (χ0v) is 16.6. The van der Waals surface area contributed by atoms with Gasteiger partial charge in [-0.15, -0.1) is 0 Å². The first-order valence-electron chi connectivity index (χ1n) is 9.13. The number of fused-ring (bicyclic) bond motifs is 1. The maximum Gasteiger partial charge on any atom is 0.180 e. The lowest BCUT2D eigenvalue weighted by molar-refractivity contribution is 0.244. The van der Waals surface area contributed by atoms with Crippen molar-refractivity contribution >= 4 is 11.0 Å². The van der Waals surface area contributed by atoms with E-state index in [-0.39, 0.29) is 18.1 Å². The first-order chi connectivity index (χ1) is 13.1. The van der Waals surface area contributed by atoms with Crippen LogP contribution >= 0.6 is 0 Å². The van der Waals surface area contributed by atoms with Crippen LogP contribution in [0.5, 0.6) is 0 Å². The maximum atomic E-state index is 14.1. The number of rotatable bonds is 4. The second-order valence-corrected chi connectivity index (χ2v) is 5.46. The van der Waals surface area contributed by atoms with Crippen molar-refractivity contribution in [1.82, 2.24) is 20.6 Å². The SMILES string of the molecule is CC.CCC.COC1=C(O)C(NCc2cc3nccnc3cc2F)=CNC1. The van der Waals surface area contributed by atoms with E-state index < -0.39 is 0 Å². The lowest BCUT2D eigenvalue weighted by Gasteiger charge is -2.19. The Morgan fingerprint density at radius 3 is 2.37 bits per heavy atom. The Morgan fingerprint density at radius 1 is 1.19 bits per heavy atom. The molecule has 3 rings (SSSR count). The summed E-state index contributed by atoms with van der Waals surface area (Å²) in [6, 6.07) is 2.99. The highest BCUT2D eigenvalue weighted by Crippen LogP contribution is 2.18. The van der Waals surface area contributed by atoms with Crippen molar-refractivity contribution in [3.63, 3.8) is 0 Å². The molecule has 27 heavy (non-hydrogen) atoms. The average Bonchev–Trinajstić information content (AvgIpc) is 2.69. The smallest absolute Gasteiger partial charge is 0.180 e. The molecule has 0 radical (unpaired) electrons. The Hall–Kier alpha value is -2.83. The summed E-state index contributed by atoms with van der Waals surface area (Å²) in [5.41, 5.74) is 2.01. The molecule has 1 aromatic carbocycles. The van der Waals surface area contributed by atoms with Crippen LogP contribution in [-0.4, -0.2) is 28.7 Å². The van der Waals surface area contributed by atoms with Gasteiger partial charge in [0.25, 0.3) is 0 Å². The van der Waals surface area contributed by atoms with Crippen molar-refractivity contribution in [3.8, 4) is 0 Å². The number of dihydropyridines is 1. The third-order valence-electron chi connectivity index (χ3n) is 3.38. The van der Waals surface area contributed by atoms with E-state index in [0.29, 0.717) is 34.6 Å². The van der Waals surface area contributed by atoms with Crippen molar-refractivity contribution in [2.75, 3.05) is 13.7 Å². The van der Waals surface area contributed by atoms with Crippen LogP contribution < -0.4 is 10.6 Å². The number of aromatic nitrogens is 2. The number of aliphatic hydroxyl groups excluding tert-OH is 1. The molecule has 0 saturated heterocycles. The normalized spacial score (nSPS) is 12.7. The Morgan fingerprint density at radius 2 is 1.78 bits per heavy atom. The quantitative estimate of drug-likeness (QED) is 0.744. The van der Waals surface area contributed by atoms with E-state index in [4.69, 9.17) is 4.74 Å². The summed E-state index contributed by atoms with van der Waals surface area (Å²) in [5, 5.41) is 16.0. The molecule has 0 aliphatic carbocycles.